The summed E-state index contributed by atoms with van der Waals surface area (Å²) in [7, 11) is 0. The van der Waals surface area contributed by atoms with Crippen LogP contribution >= 0.6 is 0 Å². The number of carbonyl (C=O) groups excluding carboxylic acids is 3. The van der Waals surface area contributed by atoms with Crippen molar-refractivity contribution in [1.29, 1.82) is 0 Å². The first-order chi connectivity index (χ1) is 13.7. The number of nitrogens with zero attached hydrogens (tertiary/aromatic N) is 1. The van der Waals surface area contributed by atoms with Crippen molar-refractivity contribution in [3.63, 3.8) is 0 Å². The Morgan fingerprint density at radius 2 is 1.86 bits per heavy atom. The van der Waals surface area contributed by atoms with Crippen LogP contribution in [-0.4, -0.2) is 29.2 Å². The maximum Gasteiger partial charge on any atom is 0.433 e. The lowest BCUT2D eigenvalue weighted by atomic mass is 10.1. The number of nitrogens with one attached hydrogen (secondary N) is 1. The zero-order valence-electron chi connectivity index (χ0n) is 15.9. The average molecular weight is 400 g/mol. The largest absolute Gasteiger partial charge is 0.454 e. The van der Waals surface area contributed by atoms with Gasteiger partial charge in [0.25, 0.3) is 0 Å². The number of ether oxygens (including phenoxy) is 1. The highest BCUT2D eigenvalue weighted by Gasteiger charge is 2.12. The van der Waals surface area contributed by atoms with E-state index in [2.05, 4.69) is 5.32 Å². The molecule has 1 amide bonds. The fraction of sp³-hybridized carbons (Fsp3) is 0.250. The number of rotatable bonds is 9. The predicted molar refractivity (Wildman–Crippen MR) is 104 cm³/mol. The highest BCUT2D eigenvalue weighted by Crippen LogP contribution is 2.16. The van der Waals surface area contributed by atoms with E-state index in [4.69, 9.17) is 9.15 Å². The lowest BCUT2D eigenvalue weighted by molar-refractivity contribution is -0.402. The molecule has 1 aromatic heterocycles. The van der Waals surface area contributed by atoms with Crippen LogP contribution in [-0.2, 0) is 14.3 Å². The Hall–Kier alpha value is -3.75. The third kappa shape index (κ3) is 7.06. The van der Waals surface area contributed by atoms with E-state index in [0.29, 0.717) is 17.7 Å². The Morgan fingerprint density at radius 3 is 2.45 bits per heavy atom. The van der Waals surface area contributed by atoms with Crippen LogP contribution in [0.25, 0.3) is 6.08 Å². The van der Waals surface area contributed by atoms with Crippen LogP contribution in [0.3, 0.4) is 0 Å². The molecule has 0 spiro atoms. The fourth-order valence-electron chi connectivity index (χ4n) is 2.27. The van der Waals surface area contributed by atoms with E-state index in [-0.39, 0.29) is 17.6 Å². The predicted octanol–water partition coefficient (Wildman–Crippen LogP) is 3.61. The molecule has 0 fully saturated rings. The van der Waals surface area contributed by atoms with Crippen molar-refractivity contribution in [2.45, 2.75) is 20.3 Å². The number of amides is 1. The van der Waals surface area contributed by atoms with Gasteiger partial charge in [-0.1, -0.05) is 13.8 Å². The molecule has 0 atom stereocenters. The minimum absolute atomic E-state index is 0.107. The standard InChI is InChI=1S/C20H20N2O7/c1-13(2)11-18(24)21-15-5-3-14(4-6-15)17(23)12-28-20(25)10-8-16-7-9-19(29-16)22(26)27/h3-10,13H,11-12H2,1-2H3,(H,21,24)/b10-8+. The molecule has 0 unspecified atom stereocenters. The number of hydrogen-bond donors (Lipinski definition) is 1. The average Bonchev–Trinajstić information content (AvgIpc) is 3.13. The lowest BCUT2D eigenvalue weighted by Crippen LogP contribution is -2.14. The molecular weight excluding hydrogens is 380 g/mol. The normalized spacial score (nSPS) is 10.9. The number of esters is 1. The van der Waals surface area contributed by atoms with Gasteiger partial charge in [-0.3, -0.25) is 19.7 Å². The monoisotopic (exact) mass is 400 g/mol. The number of hydrogen-bond acceptors (Lipinski definition) is 7. The van der Waals surface area contributed by atoms with Crippen molar-refractivity contribution in [1.82, 2.24) is 0 Å². The summed E-state index contributed by atoms with van der Waals surface area (Å²) in [5.74, 6) is -1.42. The number of benzene rings is 1. The topological polar surface area (TPSA) is 129 Å². The minimum atomic E-state index is -0.796. The summed E-state index contributed by atoms with van der Waals surface area (Å²) < 4.78 is 9.71. The summed E-state index contributed by atoms with van der Waals surface area (Å²) in [6.45, 7) is 3.41. The summed E-state index contributed by atoms with van der Waals surface area (Å²) in [6, 6.07) is 8.73. The molecule has 1 heterocycles. The third-order valence-corrected chi connectivity index (χ3v) is 3.61. The minimum Gasteiger partial charge on any atom is -0.454 e. The number of ketones is 1. The molecule has 0 bridgehead atoms. The van der Waals surface area contributed by atoms with Crippen molar-refractivity contribution >= 4 is 35.3 Å². The fourth-order valence-corrected chi connectivity index (χ4v) is 2.27. The van der Waals surface area contributed by atoms with E-state index in [1.54, 1.807) is 12.1 Å². The van der Waals surface area contributed by atoms with E-state index in [9.17, 15) is 24.5 Å². The second-order valence-corrected chi connectivity index (χ2v) is 6.52. The van der Waals surface area contributed by atoms with Gasteiger partial charge in [0.15, 0.2) is 12.4 Å². The van der Waals surface area contributed by atoms with Gasteiger partial charge in [-0.15, -0.1) is 0 Å². The molecule has 152 valence electrons. The smallest absolute Gasteiger partial charge is 0.433 e. The molecule has 0 radical (unpaired) electrons. The molecule has 0 aliphatic heterocycles. The number of furan rings is 1. The molecule has 0 saturated carbocycles. The SMILES string of the molecule is CC(C)CC(=O)Nc1ccc(C(=O)COC(=O)/C=C/c2ccc([N+](=O)[O-])o2)cc1. The van der Waals surface area contributed by atoms with Crippen molar-refractivity contribution in [3.05, 3.63) is 63.9 Å². The van der Waals surface area contributed by atoms with Crippen molar-refractivity contribution < 1.29 is 28.5 Å². The summed E-state index contributed by atoms with van der Waals surface area (Å²) >= 11 is 0. The molecule has 0 aliphatic rings. The maximum absolute atomic E-state index is 12.1. The number of nitro groups is 1. The lowest BCUT2D eigenvalue weighted by Gasteiger charge is -2.08. The molecule has 9 heteroatoms. The molecular formula is C20H20N2O7. The van der Waals surface area contributed by atoms with Gasteiger partial charge in [0, 0.05) is 23.7 Å². The van der Waals surface area contributed by atoms with Gasteiger partial charge in [0.1, 0.15) is 10.7 Å². The Morgan fingerprint density at radius 1 is 1.17 bits per heavy atom. The van der Waals surface area contributed by atoms with Gasteiger partial charge < -0.3 is 14.5 Å². The van der Waals surface area contributed by atoms with Gasteiger partial charge >= 0.3 is 11.9 Å². The highest BCUT2D eigenvalue weighted by molar-refractivity contribution is 5.99. The third-order valence-electron chi connectivity index (χ3n) is 3.61. The number of carbonyl (C=O) groups is 3. The Labute approximate surface area is 166 Å². The first-order valence-corrected chi connectivity index (χ1v) is 8.76. The van der Waals surface area contributed by atoms with E-state index in [1.165, 1.54) is 24.3 Å². The van der Waals surface area contributed by atoms with Gasteiger partial charge in [0.05, 0.1) is 6.07 Å². The van der Waals surface area contributed by atoms with Gasteiger partial charge in [-0.2, -0.15) is 0 Å². The maximum atomic E-state index is 12.1. The molecule has 2 rings (SSSR count). The van der Waals surface area contributed by atoms with Gasteiger partial charge in [-0.25, -0.2) is 4.79 Å². The van der Waals surface area contributed by atoms with Crippen LogP contribution in [0.15, 0.2) is 46.9 Å². The summed E-state index contributed by atoms with van der Waals surface area (Å²) in [5, 5.41) is 13.3. The number of Topliss-reactive ketones (excluding diaryl/α,β-unsaturated/α-hetero) is 1. The van der Waals surface area contributed by atoms with Gasteiger partial charge in [-0.05, 0) is 42.3 Å². The van der Waals surface area contributed by atoms with Gasteiger partial charge in [0.2, 0.25) is 5.91 Å². The van der Waals surface area contributed by atoms with Crippen LogP contribution in [0.1, 0.15) is 36.4 Å². The van der Waals surface area contributed by atoms with E-state index < -0.39 is 29.2 Å². The van der Waals surface area contributed by atoms with E-state index in [1.807, 2.05) is 13.8 Å². The second kappa shape index (κ2) is 9.98. The Kier molecular flexibility index (Phi) is 7.41. The summed E-state index contributed by atoms with van der Waals surface area (Å²) in [4.78, 5) is 45.3. The Balaban J connectivity index is 1.83. The molecule has 0 saturated heterocycles. The molecule has 2 aromatic rings. The summed E-state index contributed by atoms with van der Waals surface area (Å²) in [5.41, 5.74) is 0.893. The summed E-state index contributed by atoms with van der Waals surface area (Å²) in [6.07, 6.45) is 2.60. The first kappa shape index (κ1) is 21.5. The quantitative estimate of drug-likeness (QED) is 0.224. The van der Waals surface area contributed by atoms with Crippen LogP contribution in [0.2, 0.25) is 0 Å². The molecule has 1 aromatic carbocycles. The van der Waals surface area contributed by atoms with Crippen molar-refractivity contribution in [2.75, 3.05) is 11.9 Å². The van der Waals surface area contributed by atoms with E-state index >= 15 is 0 Å². The first-order valence-electron chi connectivity index (χ1n) is 8.76. The highest BCUT2D eigenvalue weighted by atomic mass is 16.6. The molecule has 29 heavy (non-hydrogen) atoms. The second-order valence-electron chi connectivity index (χ2n) is 6.52. The van der Waals surface area contributed by atoms with Crippen molar-refractivity contribution in [3.8, 4) is 0 Å². The zero-order valence-corrected chi connectivity index (χ0v) is 15.9. The van der Waals surface area contributed by atoms with E-state index in [0.717, 1.165) is 12.1 Å². The van der Waals surface area contributed by atoms with Crippen LogP contribution < -0.4 is 5.32 Å². The Bertz CT molecular complexity index is 927. The molecule has 0 aliphatic carbocycles. The van der Waals surface area contributed by atoms with Crippen LogP contribution in [0, 0.1) is 16.0 Å². The number of anilines is 1. The zero-order chi connectivity index (χ0) is 21.4. The molecule has 9 nitrogen and oxygen atoms in total. The van der Waals surface area contributed by atoms with Crippen LogP contribution in [0.4, 0.5) is 11.6 Å². The van der Waals surface area contributed by atoms with Crippen LogP contribution in [0.5, 0.6) is 0 Å². The molecule has 1 N–H and O–H groups in total. The van der Waals surface area contributed by atoms with Crippen molar-refractivity contribution in [2.24, 2.45) is 5.92 Å².